The highest BCUT2D eigenvalue weighted by Gasteiger charge is 2.14. The first kappa shape index (κ1) is 18.1. The lowest BCUT2D eigenvalue weighted by Crippen LogP contribution is -2.06. The molecule has 2 N–H and O–H groups in total. The van der Waals surface area contributed by atoms with E-state index < -0.39 is 11.9 Å². The van der Waals surface area contributed by atoms with Crippen molar-refractivity contribution in [2.24, 2.45) is 0 Å². The molecule has 5 heteroatoms. The number of H-pyrrole nitrogens is 1. The second kappa shape index (κ2) is 7.12. The van der Waals surface area contributed by atoms with E-state index >= 15 is 0 Å². The van der Waals surface area contributed by atoms with Crippen LogP contribution < -0.4 is 0 Å². The standard InChI is InChI=1S/C25H19N3O2/c1-15(25(29)30)16-4-6-17(7-5-16)22-14-28-24-21(22)12-20(13-27-24)18-8-9-23-19(11-18)3-2-10-26-23/h2-15H,1H3,(H,27,28)(H,29,30). The molecule has 3 aromatic heterocycles. The van der Waals surface area contributed by atoms with Gasteiger partial charge in [-0.05, 0) is 47.9 Å². The second-order valence-corrected chi connectivity index (χ2v) is 7.42. The molecule has 3 heterocycles. The summed E-state index contributed by atoms with van der Waals surface area (Å²) in [6.45, 7) is 1.69. The van der Waals surface area contributed by atoms with Crippen molar-refractivity contribution in [3.8, 4) is 22.3 Å². The summed E-state index contributed by atoms with van der Waals surface area (Å²) in [7, 11) is 0. The van der Waals surface area contributed by atoms with Crippen molar-refractivity contribution in [2.45, 2.75) is 12.8 Å². The van der Waals surface area contributed by atoms with Crippen LogP contribution in [0.3, 0.4) is 0 Å². The molecule has 0 saturated carbocycles. The SMILES string of the molecule is CC(C(=O)O)c1ccc(-c2c[nH]c3ncc(-c4ccc5ncccc5c4)cc23)cc1. The minimum Gasteiger partial charge on any atom is -0.481 e. The molecule has 146 valence electrons. The number of carboxylic acids is 1. The summed E-state index contributed by atoms with van der Waals surface area (Å²) in [5, 5.41) is 11.3. The normalized spacial score (nSPS) is 12.3. The number of nitrogens with one attached hydrogen (secondary N) is 1. The minimum absolute atomic E-state index is 0.530. The Morgan fingerprint density at radius 2 is 1.77 bits per heavy atom. The van der Waals surface area contributed by atoms with Crippen LogP contribution in [0.1, 0.15) is 18.4 Å². The summed E-state index contributed by atoms with van der Waals surface area (Å²) < 4.78 is 0. The Balaban J connectivity index is 1.56. The number of hydrogen-bond donors (Lipinski definition) is 2. The van der Waals surface area contributed by atoms with Crippen molar-refractivity contribution in [1.82, 2.24) is 15.0 Å². The van der Waals surface area contributed by atoms with Gasteiger partial charge >= 0.3 is 5.97 Å². The molecular formula is C25H19N3O2. The van der Waals surface area contributed by atoms with Crippen LogP contribution in [0.15, 0.2) is 79.3 Å². The van der Waals surface area contributed by atoms with Gasteiger partial charge in [0, 0.05) is 40.5 Å². The molecule has 5 aromatic rings. The van der Waals surface area contributed by atoms with Gasteiger partial charge in [0.05, 0.1) is 11.4 Å². The highest BCUT2D eigenvalue weighted by atomic mass is 16.4. The lowest BCUT2D eigenvalue weighted by Gasteiger charge is -2.08. The van der Waals surface area contributed by atoms with Gasteiger partial charge in [0.15, 0.2) is 0 Å². The third-order valence-electron chi connectivity index (χ3n) is 5.56. The van der Waals surface area contributed by atoms with E-state index in [1.165, 1.54) is 0 Å². The zero-order valence-corrected chi connectivity index (χ0v) is 16.3. The number of hydrogen-bond acceptors (Lipinski definition) is 3. The quantitative estimate of drug-likeness (QED) is 0.414. The van der Waals surface area contributed by atoms with Gasteiger partial charge in [-0.1, -0.05) is 36.4 Å². The summed E-state index contributed by atoms with van der Waals surface area (Å²) >= 11 is 0. The molecular weight excluding hydrogens is 374 g/mol. The van der Waals surface area contributed by atoms with Crippen molar-refractivity contribution >= 4 is 27.9 Å². The highest BCUT2D eigenvalue weighted by Crippen LogP contribution is 2.32. The first-order valence-corrected chi connectivity index (χ1v) is 9.75. The zero-order valence-electron chi connectivity index (χ0n) is 16.3. The molecule has 0 aliphatic carbocycles. The number of pyridine rings is 2. The molecule has 0 amide bonds. The Bertz CT molecular complexity index is 1390. The molecule has 30 heavy (non-hydrogen) atoms. The van der Waals surface area contributed by atoms with E-state index in [9.17, 15) is 9.90 Å². The lowest BCUT2D eigenvalue weighted by atomic mass is 9.97. The van der Waals surface area contributed by atoms with Crippen LogP contribution >= 0.6 is 0 Å². The van der Waals surface area contributed by atoms with Crippen LogP contribution in [0.5, 0.6) is 0 Å². The fraction of sp³-hybridized carbons (Fsp3) is 0.0800. The van der Waals surface area contributed by atoms with Gasteiger partial charge in [-0.25, -0.2) is 4.98 Å². The summed E-state index contributed by atoms with van der Waals surface area (Å²) in [4.78, 5) is 23.4. The Morgan fingerprint density at radius 3 is 2.57 bits per heavy atom. The molecule has 5 nitrogen and oxygen atoms in total. The van der Waals surface area contributed by atoms with Gasteiger partial charge in [-0.2, -0.15) is 0 Å². The number of aromatic nitrogens is 3. The third-order valence-corrected chi connectivity index (χ3v) is 5.56. The van der Waals surface area contributed by atoms with Crippen molar-refractivity contribution in [3.05, 3.63) is 84.8 Å². The van der Waals surface area contributed by atoms with E-state index in [0.29, 0.717) is 0 Å². The van der Waals surface area contributed by atoms with Gasteiger partial charge in [-0.3, -0.25) is 9.78 Å². The Hall–Kier alpha value is -3.99. The number of aromatic amines is 1. The largest absolute Gasteiger partial charge is 0.481 e. The van der Waals surface area contributed by atoms with Crippen LogP contribution in [0.2, 0.25) is 0 Å². The van der Waals surface area contributed by atoms with Crippen molar-refractivity contribution in [3.63, 3.8) is 0 Å². The molecule has 0 fully saturated rings. The van der Waals surface area contributed by atoms with Crippen LogP contribution in [-0.2, 0) is 4.79 Å². The van der Waals surface area contributed by atoms with E-state index in [0.717, 1.165) is 49.8 Å². The molecule has 0 aliphatic heterocycles. The number of nitrogens with zero attached hydrogens (tertiary/aromatic N) is 2. The molecule has 0 saturated heterocycles. The fourth-order valence-electron chi connectivity index (χ4n) is 3.75. The first-order chi connectivity index (χ1) is 14.6. The number of aliphatic carboxylic acids is 1. The molecule has 1 atom stereocenters. The molecule has 0 radical (unpaired) electrons. The molecule has 0 bridgehead atoms. The predicted molar refractivity (Wildman–Crippen MR) is 118 cm³/mol. The number of benzene rings is 2. The molecule has 0 aliphatic rings. The number of rotatable bonds is 4. The Labute approximate surface area is 173 Å². The van der Waals surface area contributed by atoms with Gasteiger partial charge in [0.1, 0.15) is 5.65 Å². The van der Waals surface area contributed by atoms with E-state index in [2.05, 4.69) is 39.2 Å². The average Bonchev–Trinajstić information content (AvgIpc) is 3.21. The second-order valence-electron chi connectivity index (χ2n) is 7.42. The van der Waals surface area contributed by atoms with E-state index in [1.807, 2.05) is 48.8 Å². The topological polar surface area (TPSA) is 78.9 Å². The third kappa shape index (κ3) is 3.10. The van der Waals surface area contributed by atoms with Gasteiger partial charge in [-0.15, -0.1) is 0 Å². The van der Waals surface area contributed by atoms with Gasteiger partial charge in [0.25, 0.3) is 0 Å². The molecule has 5 rings (SSSR count). The van der Waals surface area contributed by atoms with Gasteiger partial charge < -0.3 is 10.1 Å². The smallest absolute Gasteiger partial charge is 0.310 e. The molecule has 1 unspecified atom stereocenters. The van der Waals surface area contributed by atoms with E-state index in [-0.39, 0.29) is 0 Å². The van der Waals surface area contributed by atoms with Crippen molar-refractivity contribution < 1.29 is 9.90 Å². The maximum absolute atomic E-state index is 11.2. The van der Waals surface area contributed by atoms with Crippen LogP contribution in [0.4, 0.5) is 0 Å². The van der Waals surface area contributed by atoms with Crippen molar-refractivity contribution in [1.29, 1.82) is 0 Å². The van der Waals surface area contributed by atoms with Crippen molar-refractivity contribution in [2.75, 3.05) is 0 Å². The maximum Gasteiger partial charge on any atom is 0.310 e. The predicted octanol–water partition coefficient (Wildman–Crippen LogP) is 5.63. The summed E-state index contributed by atoms with van der Waals surface area (Å²) in [6.07, 6.45) is 5.61. The number of carbonyl (C=O) groups is 1. The average molecular weight is 393 g/mol. The summed E-state index contributed by atoms with van der Waals surface area (Å²) in [6, 6.07) is 20.0. The summed E-state index contributed by atoms with van der Waals surface area (Å²) in [5.74, 6) is -1.35. The van der Waals surface area contributed by atoms with Crippen LogP contribution in [-0.4, -0.2) is 26.0 Å². The van der Waals surface area contributed by atoms with Gasteiger partial charge in [0.2, 0.25) is 0 Å². The monoisotopic (exact) mass is 393 g/mol. The number of fused-ring (bicyclic) bond motifs is 2. The summed E-state index contributed by atoms with van der Waals surface area (Å²) in [5.41, 5.74) is 6.75. The van der Waals surface area contributed by atoms with E-state index in [4.69, 9.17) is 0 Å². The van der Waals surface area contributed by atoms with Crippen LogP contribution in [0.25, 0.3) is 44.2 Å². The van der Waals surface area contributed by atoms with E-state index in [1.54, 1.807) is 13.1 Å². The minimum atomic E-state index is -0.825. The first-order valence-electron chi connectivity index (χ1n) is 9.75. The number of carboxylic acid groups (broad SMARTS) is 1. The zero-order chi connectivity index (χ0) is 20.7. The lowest BCUT2D eigenvalue weighted by molar-refractivity contribution is -0.138. The highest BCUT2D eigenvalue weighted by molar-refractivity contribution is 5.96. The fourth-order valence-corrected chi connectivity index (χ4v) is 3.75. The Kier molecular flexibility index (Phi) is 4.29. The maximum atomic E-state index is 11.2. The Morgan fingerprint density at radius 1 is 0.967 bits per heavy atom. The molecule has 2 aromatic carbocycles. The molecule has 0 spiro atoms. The van der Waals surface area contributed by atoms with Crippen LogP contribution in [0, 0.1) is 0 Å².